The van der Waals surface area contributed by atoms with Crippen LogP contribution in [0.2, 0.25) is 10.3 Å². The Morgan fingerprint density at radius 2 is 1.48 bits per heavy atom. The lowest BCUT2D eigenvalue weighted by Crippen LogP contribution is -2.25. The monoisotopic (exact) mass is 341 g/mol. The second-order valence-electron chi connectivity index (χ2n) is 4.68. The fourth-order valence-corrected chi connectivity index (χ4v) is 2.62. The molecule has 0 radical (unpaired) electrons. The van der Waals surface area contributed by atoms with E-state index in [1.165, 1.54) is 0 Å². The number of hydrogen-bond donors (Lipinski definition) is 0. The van der Waals surface area contributed by atoms with Crippen LogP contribution in [0.5, 0.6) is 0 Å². The zero-order valence-electron chi connectivity index (χ0n) is 11.8. The number of nitrogens with zero attached hydrogens (tertiary/aromatic N) is 3. The number of rotatable bonds is 7. The highest BCUT2D eigenvalue weighted by Gasteiger charge is 2.08. The smallest absolute Gasteiger partial charge is 0.129 e. The Labute approximate surface area is 139 Å². The van der Waals surface area contributed by atoms with E-state index in [0.29, 0.717) is 10.3 Å². The summed E-state index contributed by atoms with van der Waals surface area (Å²) >= 11 is 13.5. The minimum absolute atomic E-state index is 0.524. The number of thioether (sulfide) groups is 1. The van der Waals surface area contributed by atoms with Crippen molar-refractivity contribution >= 4 is 35.0 Å². The van der Waals surface area contributed by atoms with Crippen molar-refractivity contribution < 1.29 is 0 Å². The molecule has 0 aliphatic carbocycles. The standard InChI is InChI=1S/C15H17Cl2N3S/c1-21-7-6-20(10-12-2-4-14(16)18-8-12)11-13-3-5-15(17)19-9-13/h2-5,8-9H,6-7,10-11H2,1H3. The van der Waals surface area contributed by atoms with Crippen molar-refractivity contribution in [2.45, 2.75) is 13.1 Å². The van der Waals surface area contributed by atoms with Gasteiger partial charge in [-0.15, -0.1) is 0 Å². The molecule has 2 aromatic rings. The first-order chi connectivity index (χ1) is 10.2. The van der Waals surface area contributed by atoms with Gasteiger partial charge >= 0.3 is 0 Å². The molecular formula is C15H17Cl2N3S. The van der Waals surface area contributed by atoms with Gasteiger partial charge < -0.3 is 0 Å². The van der Waals surface area contributed by atoms with Gasteiger partial charge in [0.15, 0.2) is 0 Å². The van der Waals surface area contributed by atoms with Gasteiger partial charge in [0.05, 0.1) is 0 Å². The van der Waals surface area contributed by atoms with Gasteiger partial charge in [-0.1, -0.05) is 35.3 Å². The van der Waals surface area contributed by atoms with Crippen LogP contribution in [0.15, 0.2) is 36.7 Å². The molecular weight excluding hydrogens is 325 g/mol. The van der Waals surface area contributed by atoms with E-state index in [4.69, 9.17) is 23.2 Å². The quantitative estimate of drug-likeness (QED) is 0.707. The van der Waals surface area contributed by atoms with Gasteiger partial charge in [-0.2, -0.15) is 11.8 Å². The summed E-state index contributed by atoms with van der Waals surface area (Å²) in [6.45, 7) is 2.69. The molecule has 2 aromatic heterocycles. The normalized spacial score (nSPS) is 11.0. The summed E-state index contributed by atoms with van der Waals surface area (Å²) in [5.41, 5.74) is 2.31. The maximum absolute atomic E-state index is 5.83. The van der Waals surface area contributed by atoms with E-state index in [2.05, 4.69) is 21.1 Å². The summed E-state index contributed by atoms with van der Waals surface area (Å²) in [7, 11) is 0. The SMILES string of the molecule is CSCCN(Cc1ccc(Cl)nc1)Cc1ccc(Cl)nc1. The summed E-state index contributed by atoms with van der Waals surface area (Å²) in [6, 6.07) is 7.68. The summed E-state index contributed by atoms with van der Waals surface area (Å²) in [5, 5.41) is 1.05. The van der Waals surface area contributed by atoms with Gasteiger partial charge in [0.25, 0.3) is 0 Å². The van der Waals surface area contributed by atoms with E-state index in [9.17, 15) is 0 Å². The molecule has 112 valence electrons. The molecule has 0 aliphatic rings. The van der Waals surface area contributed by atoms with E-state index in [-0.39, 0.29) is 0 Å². The van der Waals surface area contributed by atoms with Gasteiger partial charge in [0, 0.05) is 37.8 Å². The molecule has 0 bridgehead atoms. The lowest BCUT2D eigenvalue weighted by molar-refractivity contribution is 0.273. The predicted molar refractivity (Wildman–Crippen MR) is 91.0 cm³/mol. The molecule has 3 nitrogen and oxygen atoms in total. The van der Waals surface area contributed by atoms with Crippen LogP contribution < -0.4 is 0 Å². The zero-order valence-corrected chi connectivity index (χ0v) is 14.1. The van der Waals surface area contributed by atoms with Crippen molar-refractivity contribution in [3.63, 3.8) is 0 Å². The maximum atomic E-state index is 5.83. The molecule has 0 saturated heterocycles. The van der Waals surface area contributed by atoms with Crippen LogP contribution >= 0.6 is 35.0 Å². The highest BCUT2D eigenvalue weighted by Crippen LogP contribution is 2.13. The second-order valence-corrected chi connectivity index (χ2v) is 6.44. The van der Waals surface area contributed by atoms with E-state index >= 15 is 0 Å². The number of halogens is 2. The van der Waals surface area contributed by atoms with Crippen LogP contribution in [0.25, 0.3) is 0 Å². The topological polar surface area (TPSA) is 29.0 Å². The fraction of sp³-hybridized carbons (Fsp3) is 0.333. The van der Waals surface area contributed by atoms with Crippen LogP contribution in [0.1, 0.15) is 11.1 Å². The molecule has 0 saturated carbocycles. The minimum atomic E-state index is 0.524. The first-order valence-electron chi connectivity index (χ1n) is 6.59. The largest absolute Gasteiger partial charge is 0.294 e. The molecule has 2 heterocycles. The van der Waals surface area contributed by atoms with Crippen molar-refractivity contribution in [2.75, 3.05) is 18.6 Å². The molecule has 0 atom stereocenters. The third-order valence-corrected chi connectivity index (χ3v) is 4.04. The minimum Gasteiger partial charge on any atom is -0.294 e. The molecule has 0 aliphatic heterocycles. The van der Waals surface area contributed by atoms with Gasteiger partial charge in [0.1, 0.15) is 10.3 Å². The Hall–Kier alpha value is -0.810. The zero-order chi connectivity index (χ0) is 15.1. The van der Waals surface area contributed by atoms with E-state index in [1.807, 2.05) is 48.4 Å². The summed E-state index contributed by atoms with van der Waals surface area (Å²) in [4.78, 5) is 10.6. The van der Waals surface area contributed by atoms with Gasteiger partial charge in [-0.05, 0) is 29.5 Å². The third-order valence-electron chi connectivity index (χ3n) is 3.00. The Bertz CT molecular complexity index is 498. The summed E-state index contributed by atoms with van der Waals surface area (Å²) in [5.74, 6) is 1.09. The maximum Gasteiger partial charge on any atom is 0.129 e. The average Bonchev–Trinajstić information content (AvgIpc) is 2.49. The molecule has 0 fully saturated rings. The highest BCUT2D eigenvalue weighted by atomic mass is 35.5. The molecule has 6 heteroatoms. The van der Waals surface area contributed by atoms with Crippen molar-refractivity contribution in [3.8, 4) is 0 Å². The Morgan fingerprint density at radius 3 is 1.86 bits per heavy atom. The van der Waals surface area contributed by atoms with Crippen molar-refractivity contribution in [2.24, 2.45) is 0 Å². The van der Waals surface area contributed by atoms with Crippen LogP contribution in [0, 0.1) is 0 Å². The molecule has 0 unspecified atom stereocenters. The van der Waals surface area contributed by atoms with Crippen molar-refractivity contribution in [3.05, 3.63) is 58.1 Å². The lowest BCUT2D eigenvalue weighted by atomic mass is 10.2. The second kappa shape index (κ2) is 8.59. The van der Waals surface area contributed by atoms with E-state index in [0.717, 1.165) is 36.5 Å². The lowest BCUT2D eigenvalue weighted by Gasteiger charge is -2.22. The van der Waals surface area contributed by atoms with Crippen LogP contribution in [-0.2, 0) is 13.1 Å². The number of pyridine rings is 2. The predicted octanol–water partition coefficient (Wildman–Crippen LogP) is 4.15. The first-order valence-corrected chi connectivity index (χ1v) is 8.74. The van der Waals surface area contributed by atoms with Crippen LogP contribution in [0.4, 0.5) is 0 Å². The molecule has 2 rings (SSSR count). The molecule has 0 amide bonds. The summed E-state index contributed by atoms with van der Waals surface area (Å²) < 4.78 is 0. The summed E-state index contributed by atoms with van der Waals surface area (Å²) in [6.07, 6.45) is 5.77. The van der Waals surface area contributed by atoms with Crippen molar-refractivity contribution in [1.29, 1.82) is 0 Å². The Kier molecular flexibility index (Phi) is 6.77. The first kappa shape index (κ1) is 16.6. The average molecular weight is 342 g/mol. The Morgan fingerprint density at radius 1 is 0.952 bits per heavy atom. The van der Waals surface area contributed by atoms with E-state index < -0.39 is 0 Å². The van der Waals surface area contributed by atoms with Gasteiger partial charge in [-0.3, -0.25) is 4.90 Å². The fourth-order valence-electron chi connectivity index (χ4n) is 1.95. The van der Waals surface area contributed by atoms with Crippen LogP contribution in [0.3, 0.4) is 0 Å². The van der Waals surface area contributed by atoms with Gasteiger partial charge in [0.2, 0.25) is 0 Å². The van der Waals surface area contributed by atoms with E-state index in [1.54, 1.807) is 0 Å². The molecule has 0 spiro atoms. The molecule has 0 N–H and O–H groups in total. The number of hydrogen-bond acceptors (Lipinski definition) is 4. The Balaban J connectivity index is 2.02. The third kappa shape index (κ3) is 5.83. The molecule has 21 heavy (non-hydrogen) atoms. The number of aromatic nitrogens is 2. The molecule has 0 aromatic carbocycles. The van der Waals surface area contributed by atoms with Gasteiger partial charge in [-0.25, -0.2) is 9.97 Å². The van der Waals surface area contributed by atoms with Crippen molar-refractivity contribution in [1.82, 2.24) is 14.9 Å². The van der Waals surface area contributed by atoms with Crippen LogP contribution in [-0.4, -0.2) is 33.4 Å². The highest BCUT2D eigenvalue weighted by molar-refractivity contribution is 7.98.